The first kappa shape index (κ1) is 14.8. The van der Waals surface area contributed by atoms with E-state index in [0.29, 0.717) is 29.1 Å². The minimum atomic E-state index is -0.294. The lowest BCUT2D eigenvalue weighted by molar-refractivity contribution is 0.0954. The van der Waals surface area contributed by atoms with Gasteiger partial charge in [-0.25, -0.2) is 0 Å². The largest absolute Gasteiger partial charge is 0.469 e. The Morgan fingerprint density at radius 1 is 1.10 bits per heavy atom. The van der Waals surface area contributed by atoms with Gasteiger partial charge in [0.2, 0.25) is 0 Å². The van der Waals surface area contributed by atoms with Crippen molar-refractivity contribution < 1.29 is 14.0 Å². The molecule has 0 bridgehead atoms. The van der Waals surface area contributed by atoms with Crippen LogP contribution in [0.2, 0.25) is 0 Å². The SMILES string of the molecule is CCCNC(=O)c1ccccc1NC(=O)c1ccoc1C. The fourth-order valence-corrected chi connectivity index (χ4v) is 1.93. The van der Waals surface area contributed by atoms with Gasteiger partial charge in [-0.15, -0.1) is 0 Å². The normalized spacial score (nSPS) is 10.2. The predicted molar refractivity (Wildman–Crippen MR) is 80.5 cm³/mol. The number of carbonyl (C=O) groups excluding carboxylic acids is 2. The molecular weight excluding hydrogens is 268 g/mol. The number of carbonyl (C=O) groups is 2. The number of hydrogen-bond acceptors (Lipinski definition) is 3. The van der Waals surface area contributed by atoms with Crippen LogP contribution in [0.3, 0.4) is 0 Å². The van der Waals surface area contributed by atoms with E-state index in [4.69, 9.17) is 4.42 Å². The minimum absolute atomic E-state index is 0.198. The van der Waals surface area contributed by atoms with E-state index in [1.807, 2.05) is 6.92 Å². The molecule has 1 aromatic carbocycles. The average Bonchev–Trinajstić information content (AvgIpc) is 2.91. The topological polar surface area (TPSA) is 71.3 Å². The highest BCUT2D eigenvalue weighted by atomic mass is 16.3. The van der Waals surface area contributed by atoms with Crippen LogP contribution in [-0.2, 0) is 0 Å². The molecule has 0 atom stereocenters. The molecule has 2 aromatic rings. The van der Waals surface area contributed by atoms with Crippen LogP contribution in [0, 0.1) is 6.92 Å². The molecule has 0 saturated carbocycles. The molecule has 0 radical (unpaired) electrons. The van der Waals surface area contributed by atoms with Gasteiger partial charge in [0.1, 0.15) is 5.76 Å². The summed E-state index contributed by atoms with van der Waals surface area (Å²) >= 11 is 0. The summed E-state index contributed by atoms with van der Waals surface area (Å²) in [6.07, 6.45) is 2.32. The number of furan rings is 1. The zero-order valence-corrected chi connectivity index (χ0v) is 12.1. The molecule has 5 heteroatoms. The fraction of sp³-hybridized carbons (Fsp3) is 0.250. The summed E-state index contributed by atoms with van der Waals surface area (Å²) < 4.78 is 5.11. The van der Waals surface area contributed by atoms with Gasteiger partial charge in [0.05, 0.1) is 23.1 Å². The molecule has 21 heavy (non-hydrogen) atoms. The van der Waals surface area contributed by atoms with Crippen LogP contribution in [0.1, 0.15) is 39.8 Å². The average molecular weight is 286 g/mol. The van der Waals surface area contributed by atoms with E-state index in [1.54, 1.807) is 37.3 Å². The monoisotopic (exact) mass is 286 g/mol. The van der Waals surface area contributed by atoms with E-state index in [1.165, 1.54) is 6.26 Å². The van der Waals surface area contributed by atoms with Gasteiger partial charge < -0.3 is 15.1 Å². The molecule has 110 valence electrons. The molecule has 0 aliphatic heterocycles. The van der Waals surface area contributed by atoms with E-state index in [9.17, 15) is 9.59 Å². The maximum atomic E-state index is 12.2. The molecule has 0 aliphatic rings. The van der Waals surface area contributed by atoms with Gasteiger partial charge >= 0.3 is 0 Å². The van der Waals surface area contributed by atoms with Crippen molar-refractivity contribution in [1.29, 1.82) is 0 Å². The molecule has 2 N–H and O–H groups in total. The summed E-state index contributed by atoms with van der Waals surface area (Å²) in [4.78, 5) is 24.3. The highest BCUT2D eigenvalue weighted by molar-refractivity contribution is 6.09. The second kappa shape index (κ2) is 6.74. The van der Waals surface area contributed by atoms with Crippen LogP contribution in [0.15, 0.2) is 41.0 Å². The summed E-state index contributed by atoms with van der Waals surface area (Å²) in [5, 5.41) is 5.55. The molecular formula is C16H18N2O3. The van der Waals surface area contributed by atoms with Crippen LogP contribution in [0.25, 0.3) is 0 Å². The van der Waals surface area contributed by atoms with Gasteiger partial charge in [-0.2, -0.15) is 0 Å². The number of aryl methyl sites for hydroxylation is 1. The Balaban J connectivity index is 2.19. The van der Waals surface area contributed by atoms with Gasteiger partial charge in [-0.1, -0.05) is 19.1 Å². The van der Waals surface area contributed by atoms with Gasteiger partial charge in [0, 0.05) is 6.54 Å². The summed E-state index contributed by atoms with van der Waals surface area (Å²) in [6, 6.07) is 8.52. The summed E-state index contributed by atoms with van der Waals surface area (Å²) in [7, 11) is 0. The lowest BCUT2D eigenvalue weighted by Crippen LogP contribution is -2.25. The number of hydrogen-bond donors (Lipinski definition) is 2. The van der Waals surface area contributed by atoms with Crippen molar-refractivity contribution in [2.75, 3.05) is 11.9 Å². The van der Waals surface area contributed by atoms with E-state index in [0.717, 1.165) is 6.42 Å². The zero-order valence-electron chi connectivity index (χ0n) is 12.1. The number of nitrogens with one attached hydrogen (secondary N) is 2. The molecule has 0 spiro atoms. The van der Waals surface area contributed by atoms with Crippen LogP contribution in [0.5, 0.6) is 0 Å². The van der Waals surface area contributed by atoms with Gasteiger partial charge in [-0.05, 0) is 31.5 Å². The van der Waals surface area contributed by atoms with Crippen molar-refractivity contribution in [3.8, 4) is 0 Å². The number of anilines is 1. The molecule has 1 heterocycles. The molecule has 0 aliphatic carbocycles. The third-order valence-corrected chi connectivity index (χ3v) is 3.06. The predicted octanol–water partition coefficient (Wildman–Crippen LogP) is 2.98. The first-order valence-electron chi connectivity index (χ1n) is 6.86. The molecule has 2 rings (SSSR count). The maximum Gasteiger partial charge on any atom is 0.259 e. The summed E-state index contributed by atoms with van der Waals surface area (Å²) in [6.45, 7) is 4.30. The van der Waals surface area contributed by atoms with Crippen LogP contribution in [0.4, 0.5) is 5.69 Å². The third-order valence-electron chi connectivity index (χ3n) is 3.06. The lowest BCUT2D eigenvalue weighted by Gasteiger charge is -2.10. The smallest absolute Gasteiger partial charge is 0.259 e. The maximum absolute atomic E-state index is 12.2. The molecule has 0 fully saturated rings. The second-order valence-electron chi connectivity index (χ2n) is 4.65. The Morgan fingerprint density at radius 2 is 1.86 bits per heavy atom. The van der Waals surface area contributed by atoms with E-state index in [2.05, 4.69) is 10.6 Å². The Labute approximate surface area is 123 Å². The summed E-state index contributed by atoms with van der Waals surface area (Å²) in [5.74, 6) is 0.0501. The fourth-order valence-electron chi connectivity index (χ4n) is 1.93. The van der Waals surface area contributed by atoms with E-state index < -0.39 is 0 Å². The molecule has 2 amide bonds. The Kier molecular flexibility index (Phi) is 4.77. The summed E-state index contributed by atoms with van der Waals surface area (Å²) in [5.41, 5.74) is 1.39. The number of para-hydroxylation sites is 1. The van der Waals surface area contributed by atoms with Gasteiger partial charge in [-0.3, -0.25) is 9.59 Å². The van der Waals surface area contributed by atoms with E-state index in [-0.39, 0.29) is 11.8 Å². The van der Waals surface area contributed by atoms with Crippen LogP contribution in [-0.4, -0.2) is 18.4 Å². The van der Waals surface area contributed by atoms with Crippen molar-refractivity contribution in [1.82, 2.24) is 5.32 Å². The highest BCUT2D eigenvalue weighted by Crippen LogP contribution is 2.17. The number of benzene rings is 1. The Morgan fingerprint density at radius 3 is 2.52 bits per heavy atom. The van der Waals surface area contributed by atoms with E-state index >= 15 is 0 Å². The van der Waals surface area contributed by atoms with Crippen molar-refractivity contribution in [2.45, 2.75) is 20.3 Å². The quantitative estimate of drug-likeness (QED) is 0.887. The molecule has 0 unspecified atom stereocenters. The first-order valence-corrected chi connectivity index (χ1v) is 6.86. The van der Waals surface area contributed by atoms with Crippen molar-refractivity contribution in [3.63, 3.8) is 0 Å². The first-order chi connectivity index (χ1) is 10.1. The minimum Gasteiger partial charge on any atom is -0.469 e. The Hall–Kier alpha value is -2.56. The van der Waals surface area contributed by atoms with Crippen LogP contribution < -0.4 is 10.6 Å². The highest BCUT2D eigenvalue weighted by Gasteiger charge is 2.15. The number of amides is 2. The number of rotatable bonds is 5. The zero-order chi connectivity index (χ0) is 15.2. The van der Waals surface area contributed by atoms with Gasteiger partial charge in [0.25, 0.3) is 11.8 Å². The van der Waals surface area contributed by atoms with Crippen molar-refractivity contribution >= 4 is 17.5 Å². The van der Waals surface area contributed by atoms with Crippen molar-refractivity contribution in [2.24, 2.45) is 0 Å². The lowest BCUT2D eigenvalue weighted by atomic mass is 10.1. The second-order valence-corrected chi connectivity index (χ2v) is 4.65. The molecule has 5 nitrogen and oxygen atoms in total. The van der Waals surface area contributed by atoms with Crippen LogP contribution >= 0.6 is 0 Å². The Bertz CT molecular complexity index is 646. The van der Waals surface area contributed by atoms with Gasteiger partial charge in [0.15, 0.2) is 0 Å². The molecule has 1 aromatic heterocycles. The molecule has 0 saturated heterocycles. The van der Waals surface area contributed by atoms with Crippen molar-refractivity contribution in [3.05, 3.63) is 53.5 Å². The standard InChI is InChI=1S/C16H18N2O3/c1-3-9-17-15(19)13-6-4-5-7-14(13)18-16(20)12-8-10-21-11(12)2/h4-8,10H,3,9H2,1-2H3,(H,17,19)(H,18,20). The third kappa shape index (κ3) is 3.51.